The molecule has 0 unspecified atom stereocenters. The summed E-state index contributed by atoms with van der Waals surface area (Å²) in [5.74, 6) is 0.706. The fourth-order valence-corrected chi connectivity index (χ4v) is 2.35. The molecule has 0 saturated heterocycles. The average molecular weight is 256 g/mol. The van der Waals surface area contributed by atoms with E-state index in [0.717, 1.165) is 35.1 Å². The van der Waals surface area contributed by atoms with Crippen molar-refractivity contribution in [2.45, 2.75) is 33.1 Å². The molecule has 2 N–H and O–H groups in total. The highest BCUT2D eigenvalue weighted by Crippen LogP contribution is 2.30. The van der Waals surface area contributed by atoms with Gasteiger partial charge in [0.15, 0.2) is 0 Å². The minimum atomic E-state index is 0.353. The lowest BCUT2D eigenvalue weighted by Gasteiger charge is -2.11. The molecule has 0 atom stereocenters. The second-order valence-corrected chi connectivity index (χ2v) is 4.73. The van der Waals surface area contributed by atoms with Crippen molar-refractivity contribution in [3.8, 4) is 11.5 Å². The van der Waals surface area contributed by atoms with Crippen LogP contribution in [0.4, 0.5) is 0 Å². The van der Waals surface area contributed by atoms with Crippen molar-refractivity contribution >= 4 is 0 Å². The van der Waals surface area contributed by atoms with E-state index in [-0.39, 0.29) is 0 Å². The Morgan fingerprint density at radius 2 is 1.05 bits per heavy atom. The van der Waals surface area contributed by atoms with Crippen molar-refractivity contribution in [1.82, 2.24) is 0 Å². The second-order valence-electron chi connectivity index (χ2n) is 4.73. The highest BCUT2D eigenvalue weighted by molar-refractivity contribution is 5.47. The van der Waals surface area contributed by atoms with Crippen LogP contribution in [0.2, 0.25) is 0 Å². The maximum atomic E-state index is 10.2. The van der Waals surface area contributed by atoms with Gasteiger partial charge in [0.05, 0.1) is 0 Å². The lowest BCUT2D eigenvalue weighted by atomic mass is 9.97. The summed E-state index contributed by atoms with van der Waals surface area (Å²) in [6.07, 6.45) is 2.17. The molecule has 2 rings (SSSR count). The van der Waals surface area contributed by atoms with Crippen LogP contribution in [0.15, 0.2) is 36.4 Å². The van der Waals surface area contributed by atoms with Crippen molar-refractivity contribution in [3.63, 3.8) is 0 Å². The Labute approximate surface area is 114 Å². The lowest BCUT2D eigenvalue weighted by Crippen LogP contribution is -1.94. The molecule has 0 aliphatic heterocycles. The molecule has 2 heteroatoms. The molecule has 0 fully saturated rings. The quantitative estimate of drug-likeness (QED) is 0.873. The second kappa shape index (κ2) is 5.79. The van der Waals surface area contributed by atoms with E-state index in [4.69, 9.17) is 0 Å². The molecular formula is C17H20O2. The molecule has 0 aliphatic carbocycles. The van der Waals surface area contributed by atoms with E-state index in [1.807, 2.05) is 50.2 Å². The molecule has 2 nitrogen and oxygen atoms in total. The Balaban J connectivity index is 2.36. The van der Waals surface area contributed by atoms with Gasteiger partial charge in [-0.3, -0.25) is 0 Å². The molecule has 0 amide bonds. The van der Waals surface area contributed by atoms with Crippen molar-refractivity contribution in [2.75, 3.05) is 0 Å². The van der Waals surface area contributed by atoms with Crippen LogP contribution in [0.1, 0.15) is 36.1 Å². The largest absolute Gasteiger partial charge is 0.507 e. The fourth-order valence-electron chi connectivity index (χ4n) is 2.35. The lowest BCUT2D eigenvalue weighted by molar-refractivity contribution is 0.456. The van der Waals surface area contributed by atoms with E-state index in [1.54, 1.807) is 0 Å². The van der Waals surface area contributed by atoms with Crippen LogP contribution >= 0.6 is 0 Å². The van der Waals surface area contributed by atoms with Crippen LogP contribution in [-0.2, 0) is 19.3 Å². The monoisotopic (exact) mass is 256 g/mol. The Hall–Kier alpha value is -1.96. The molecule has 2 aromatic carbocycles. The highest BCUT2D eigenvalue weighted by Gasteiger charge is 2.10. The molecule has 2 aromatic rings. The summed E-state index contributed by atoms with van der Waals surface area (Å²) in [6, 6.07) is 11.6. The van der Waals surface area contributed by atoms with Gasteiger partial charge < -0.3 is 10.2 Å². The van der Waals surface area contributed by atoms with E-state index in [1.165, 1.54) is 0 Å². The zero-order valence-corrected chi connectivity index (χ0v) is 11.5. The predicted octanol–water partition coefficient (Wildman–Crippen LogP) is 3.81. The van der Waals surface area contributed by atoms with Gasteiger partial charge in [0.1, 0.15) is 11.5 Å². The number of aromatic hydroxyl groups is 2. The van der Waals surface area contributed by atoms with Gasteiger partial charge in [0.25, 0.3) is 0 Å². The summed E-state index contributed by atoms with van der Waals surface area (Å²) in [5.41, 5.74) is 3.62. The van der Waals surface area contributed by atoms with Gasteiger partial charge in [-0.25, -0.2) is 0 Å². The maximum absolute atomic E-state index is 10.2. The van der Waals surface area contributed by atoms with Crippen LogP contribution in [0, 0.1) is 0 Å². The molecular weight excluding hydrogens is 236 g/mol. The first-order chi connectivity index (χ1) is 9.17. The highest BCUT2D eigenvalue weighted by atomic mass is 16.3. The summed E-state index contributed by atoms with van der Waals surface area (Å²) in [6.45, 7) is 4.04. The number of para-hydroxylation sites is 2. The standard InChI is InChI=1S/C17H20O2/c1-3-12-7-5-9-14(16(12)18)11-15-10-6-8-13(4-2)17(15)19/h5-10,18-19H,3-4,11H2,1-2H3. The first kappa shape index (κ1) is 13.5. The van der Waals surface area contributed by atoms with Crippen LogP contribution in [-0.4, -0.2) is 10.2 Å². The molecule has 100 valence electrons. The topological polar surface area (TPSA) is 40.5 Å². The molecule has 0 heterocycles. The van der Waals surface area contributed by atoms with Gasteiger partial charge in [-0.1, -0.05) is 50.2 Å². The third kappa shape index (κ3) is 2.73. The zero-order valence-electron chi connectivity index (χ0n) is 11.5. The number of aryl methyl sites for hydroxylation is 2. The van der Waals surface area contributed by atoms with Crippen molar-refractivity contribution in [2.24, 2.45) is 0 Å². The number of benzene rings is 2. The van der Waals surface area contributed by atoms with Crippen molar-refractivity contribution in [1.29, 1.82) is 0 Å². The third-order valence-corrected chi connectivity index (χ3v) is 3.55. The molecule has 0 aromatic heterocycles. The first-order valence-electron chi connectivity index (χ1n) is 6.76. The minimum absolute atomic E-state index is 0.353. The van der Waals surface area contributed by atoms with E-state index < -0.39 is 0 Å². The maximum Gasteiger partial charge on any atom is 0.122 e. The molecule has 0 bridgehead atoms. The zero-order chi connectivity index (χ0) is 13.8. The predicted molar refractivity (Wildman–Crippen MR) is 77.8 cm³/mol. The van der Waals surface area contributed by atoms with Crippen molar-refractivity contribution in [3.05, 3.63) is 58.7 Å². The number of rotatable bonds is 4. The fraction of sp³-hybridized carbons (Fsp3) is 0.294. The smallest absolute Gasteiger partial charge is 0.122 e. The van der Waals surface area contributed by atoms with E-state index >= 15 is 0 Å². The van der Waals surface area contributed by atoms with Crippen LogP contribution < -0.4 is 0 Å². The number of hydrogen-bond acceptors (Lipinski definition) is 2. The normalized spacial score (nSPS) is 10.6. The van der Waals surface area contributed by atoms with E-state index in [9.17, 15) is 10.2 Å². The average Bonchev–Trinajstić information content (AvgIpc) is 2.43. The Kier molecular flexibility index (Phi) is 4.10. The summed E-state index contributed by atoms with van der Waals surface area (Å²) in [5, 5.41) is 20.4. The van der Waals surface area contributed by atoms with Gasteiger partial charge in [0, 0.05) is 6.42 Å². The summed E-state index contributed by atoms with van der Waals surface area (Å²) >= 11 is 0. The molecule has 19 heavy (non-hydrogen) atoms. The van der Waals surface area contributed by atoms with Crippen LogP contribution in [0.3, 0.4) is 0 Å². The number of phenolic OH excluding ortho intramolecular Hbond substituents is 2. The van der Waals surface area contributed by atoms with Gasteiger partial charge in [0.2, 0.25) is 0 Å². The minimum Gasteiger partial charge on any atom is -0.507 e. The Morgan fingerprint density at radius 1 is 0.684 bits per heavy atom. The van der Waals surface area contributed by atoms with Crippen LogP contribution in [0.5, 0.6) is 11.5 Å². The van der Waals surface area contributed by atoms with Gasteiger partial charge >= 0.3 is 0 Å². The first-order valence-corrected chi connectivity index (χ1v) is 6.76. The Morgan fingerprint density at radius 3 is 1.42 bits per heavy atom. The molecule has 0 aliphatic rings. The van der Waals surface area contributed by atoms with Gasteiger partial charge in [-0.15, -0.1) is 0 Å². The SMILES string of the molecule is CCc1cccc(Cc2cccc(CC)c2O)c1O. The summed E-state index contributed by atoms with van der Waals surface area (Å²) in [7, 11) is 0. The summed E-state index contributed by atoms with van der Waals surface area (Å²) < 4.78 is 0. The van der Waals surface area contributed by atoms with E-state index in [0.29, 0.717) is 17.9 Å². The van der Waals surface area contributed by atoms with Crippen molar-refractivity contribution < 1.29 is 10.2 Å². The van der Waals surface area contributed by atoms with Gasteiger partial charge in [-0.2, -0.15) is 0 Å². The molecule has 0 saturated carbocycles. The van der Waals surface area contributed by atoms with E-state index in [2.05, 4.69) is 0 Å². The molecule has 0 radical (unpaired) electrons. The molecule has 0 spiro atoms. The third-order valence-electron chi connectivity index (χ3n) is 3.55. The number of phenols is 2. The number of hydrogen-bond donors (Lipinski definition) is 2. The van der Waals surface area contributed by atoms with Crippen LogP contribution in [0.25, 0.3) is 0 Å². The Bertz CT molecular complexity index is 522. The van der Waals surface area contributed by atoms with Gasteiger partial charge in [-0.05, 0) is 35.1 Å². The summed E-state index contributed by atoms with van der Waals surface area (Å²) in [4.78, 5) is 0.